The Bertz CT molecular complexity index is 1660. The van der Waals surface area contributed by atoms with Gasteiger partial charge in [-0.05, 0) is 99.9 Å². The molecule has 0 aliphatic heterocycles. The van der Waals surface area contributed by atoms with Crippen LogP contribution in [0.3, 0.4) is 0 Å². The Morgan fingerprint density at radius 2 is 1.62 bits per heavy atom. The molecule has 0 bridgehead atoms. The zero-order valence-electron chi connectivity index (χ0n) is 28.7. The Labute approximate surface area is 283 Å². The highest BCUT2D eigenvalue weighted by Crippen LogP contribution is 2.29. The molecule has 0 spiro atoms. The van der Waals surface area contributed by atoms with Gasteiger partial charge in [0.1, 0.15) is 23.1 Å². The number of benzene rings is 3. The predicted molar refractivity (Wildman–Crippen MR) is 189 cm³/mol. The smallest absolute Gasteiger partial charge is 0.421 e. The first kappa shape index (κ1) is 35.7. The Morgan fingerprint density at radius 3 is 2.33 bits per heavy atom. The van der Waals surface area contributed by atoms with E-state index in [-0.39, 0.29) is 18.4 Å². The fourth-order valence-electron chi connectivity index (χ4n) is 5.25. The van der Waals surface area contributed by atoms with E-state index in [1.165, 1.54) is 4.90 Å². The van der Waals surface area contributed by atoms with Gasteiger partial charge in [-0.25, -0.2) is 9.78 Å². The molecule has 2 N–H and O–H groups in total. The maximum atomic E-state index is 13.9. The minimum absolute atomic E-state index is 0.0746. The minimum atomic E-state index is -0.627. The largest absolute Gasteiger partial charge is 0.497 e. The summed E-state index contributed by atoms with van der Waals surface area (Å²) in [4.78, 5) is 39.6. The molecule has 0 saturated heterocycles. The summed E-state index contributed by atoms with van der Waals surface area (Å²) >= 11 is 0. The van der Waals surface area contributed by atoms with Crippen LogP contribution in [0.15, 0.2) is 72.9 Å². The zero-order chi connectivity index (χ0) is 34.5. The highest BCUT2D eigenvalue weighted by molar-refractivity contribution is 5.95. The summed E-state index contributed by atoms with van der Waals surface area (Å²) in [5.74, 6) is 2.06. The zero-order valence-corrected chi connectivity index (χ0v) is 28.7. The number of unbranched alkanes of at least 4 members (excludes halogenated alkanes) is 1. The van der Waals surface area contributed by atoms with Crippen LogP contribution in [0.5, 0.6) is 17.2 Å². The van der Waals surface area contributed by atoms with Gasteiger partial charge in [0.05, 0.1) is 20.8 Å². The SMILES string of the molecule is CCN(CC)CCCCNC(=O)c1cccc(Nc2nccc(N(Cc3cc(OC)ccc3OC)C(=O)Oc3c(C)cccc3C)n2)c1. The van der Waals surface area contributed by atoms with Crippen LogP contribution in [0.4, 0.5) is 22.2 Å². The van der Waals surface area contributed by atoms with Crippen LogP contribution in [0.25, 0.3) is 0 Å². The van der Waals surface area contributed by atoms with E-state index in [1.54, 1.807) is 62.9 Å². The fourth-order valence-corrected chi connectivity index (χ4v) is 5.25. The first-order valence-electron chi connectivity index (χ1n) is 16.2. The molecule has 0 fully saturated rings. The quantitative estimate of drug-likeness (QED) is 0.124. The molecule has 3 aromatic carbocycles. The number of hydrogen-bond acceptors (Lipinski definition) is 9. The van der Waals surface area contributed by atoms with Gasteiger partial charge in [0.25, 0.3) is 5.91 Å². The van der Waals surface area contributed by atoms with Crippen molar-refractivity contribution in [2.45, 2.75) is 47.1 Å². The normalized spacial score (nSPS) is 10.8. The van der Waals surface area contributed by atoms with Crippen LogP contribution >= 0.6 is 0 Å². The molecule has 11 heteroatoms. The van der Waals surface area contributed by atoms with Gasteiger partial charge >= 0.3 is 6.09 Å². The van der Waals surface area contributed by atoms with E-state index in [4.69, 9.17) is 14.2 Å². The van der Waals surface area contributed by atoms with Gasteiger partial charge in [-0.3, -0.25) is 9.69 Å². The van der Waals surface area contributed by atoms with Crippen LogP contribution < -0.4 is 29.7 Å². The lowest BCUT2D eigenvalue weighted by molar-refractivity contribution is 0.0952. The monoisotopic (exact) mass is 654 g/mol. The number of carbonyl (C=O) groups excluding carboxylic acids is 2. The molecular weight excluding hydrogens is 608 g/mol. The van der Waals surface area contributed by atoms with Crippen molar-refractivity contribution in [2.75, 3.05) is 50.6 Å². The molecule has 48 heavy (non-hydrogen) atoms. The van der Waals surface area contributed by atoms with Crippen LogP contribution in [0, 0.1) is 13.8 Å². The predicted octanol–water partition coefficient (Wildman–Crippen LogP) is 6.91. The van der Waals surface area contributed by atoms with Gasteiger partial charge in [-0.15, -0.1) is 0 Å². The van der Waals surface area contributed by atoms with E-state index >= 15 is 0 Å². The van der Waals surface area contributed by atoms with Crippen molar-refractivity contribution in [3.8, 4) is 17.2 Å². The molecule has 254 valence electrons. The van der Waals surface area contributed by atoms with Crippen molar-refractivity contribution in [1.82, 2.24) is 20.2 Å². The number of ether oxygens (including phenoxy) is 3. The van der Waals surface area contributed by atoms with Gasteiger partial charge in [-0.2, -0.15) is 4.98 Å². The molecule has 0 saturated carbocycles. The molecule has 0 atom stereocenters. The van der Waals surface area contributed by atoms with E-state index in [9.17, 15) is 9.59 Å². The number of nitrogens with one attached hydrogen (secondary N) is 2. The number of aromatic nitrogens is 2. The summed E-state index contributed by atoms with van der Waals surface area (Å²) in [6, 6.07) is 19.8. The van der Waals surface area contributed by atoms with Crippen molar-refractivity contribution < 1.29 is 23.8 Å². The standard InChI is InChI=1S/C37H46N6O5/c1-7-42(8-2)22-10-9-20-38-35(44)28-15-12-16-30(23-28)40-36-39-21-19-33(41-36)43(25-29-24-31(46-5)17-18-32(29)47-6)37(45)48-34-26(3)13-11-14-27(34)4/h11-19,21,23-24H,7-10,20,22,25H2,1-6H3,(H,38,44)(H,39,40,41). The van der Waals surface area contributed by atoms with E-state index in [0.717, 1.165) is 43.6 Å². The first-order chi connectivity index (χ1) is 23.3. The lowest BCUT2D eigenvalue weighted by Crippen LogP contribution is -2.34. The summed E-state index contributed by atoms with van der Waals surface area (Å²) in [5.41, 5.74) is 3.49. The highest BCUT2D eigenvalue weighted by atomic mass is 16.6. The first-order valence-corrected chi connectivity index (χ1v) is 16.2. The lowest BCUT2D eigenvalue weighted by atomic mass is 10.1. The molecule has 0 unspecified atom stereocenters. The second kappa shape index (κ2) is 17.7. The number of nitrogens with zero attached hydrogens (tertiary/aromatic N) is 4. The maximum absolute atomic E-state index is 13.9. The van der Waals surface area contributed by atoms with Gasteiger partial charge < -0.3 is 29.7 Å². The lowest BCUT2D eigenvalue weighted by Gasteiger charge is -2.23. The third-order valence-corrected chi connectivity index (χ3v) is 8.01. The topological polar surface area (TPSA) is 118 Å². The summed E-state index contributed by atoms with van der Waals surface area (Å²) < 4.78 is 17.0. The molecule has 4 rings (SSSR count). The highest BCUT2D eigenvalue weighted by Gasteiger charge is 2.24. The molecular formula is C37H46N6O5. The van der Waals surface area contributed by atoms with Gasteiger partial charge in [0.2, 0.25) is 5.95 Å². The Hall–Kier alpha value is -5.16. The van der Waals surface area contributed by atoms with Crippen molar-refractivity contribution >= 4 is 29.5 Å². The molecule has 0 radical (unpaired) electrons. The Kier molecular flexibility index (Phi) is 13.1. The number of carbonyl (C=O) groups is 2. The van der Waals surface area contributed by atoms with Gasteiger partial charge in [-0.1, -0.05) is 38.1 Å². The molecule has 1 heterocycles. The second-order valence-corrected chi connectivity index (χ2v) is 11.3. The average molecular weight is 655 g/mol. The van der Waals surface area contributed by atoms with E-state index in [0.29, 0.717) is 46.4 Å². The maximum Gasteiger partial charge on any atom is 0.421 e. The van der Waals surface area contributed by atoms with Crippen molar-refractivity contribution in [1.29, 1.82) is 0 Å². The Morgan fingerprint density at radius 1 is 0.875 bits per heavy atom. The van der Waals surface area contributed by atoms with Crippen molar-refractivity contribution in [3.63, 3.8) is 0 Å². The molecule has 1 aromatic heterocycles. The van der Waals surface area contributed by atoms with Crippen LogP contribution in [0.1, 0.15) is 53.7 Å². The summed E-state index contributed by atoms with van der Waals surface area (Å²) in [6.45, 7) is 11.9. The molecule has 0 aliphatic carbocycles. The molecule has 2 amide bonds. The number of aryl methyl sites for hydroxylation is 2. The summed E-state index contributed by atoms with van der Waals surface area (Å²) in [6.07, 6.45) is 2.86. The third kappa shape index (κ3) is 9.68. The second-order valence-electron chi connectivity index (χ2n) is 11.3. The average Bonchev–Trinajstić information content (AvgIpc) is 3.10. The van der Waals surface area contributed by atoms with Gasteiger partial charge in [0.15, 0.2) is 0 Å². The number of para-hydroxylation sites is 1. The number of anilines is 3. The minimum Gasteiger partial charge on any atom is -0.497 e. The molecule has 11 nitrogen and oxygen atoms in total. The van der Waals surface area contributed by atoms with E-state index < -0.39 is 6.09 Å². The summed E-state index contributed by atoms with van der Waals surface area (Å²) in [7, 11) is 3.15. The van der Waals surface area contributed by atoms with E-state index in [2.05, 4.69) is 39.3 Å². The van der Waals surface area contributed by atoms with Crippen LogP contribution in [-0.4, -0.2) is 67.3 Å². The molecule has 0 aliphatic rings. The van der Waals surface area contributed by atoms with Crippen LogP contribution in [0.2, 0.25) is 0 Å². The number of rotatable bonds is 16. The summed E-state index contributed by atoms with van der Waals surface area (Å²) in [5, 5.41) is 6.19. The van der Waals surface area contributed by atoms with Crippen molar-refractivity contribution in [3.05, 3.63) is 95.2 Å². The number of amides is 2. The van der Waals surface area contributed by atoms with Crippen LogP contribution in [-0.2, 0) is 6.54 Å². The fraction of sp³-hybridized carbons (Fsp3) is 0.351. The number of hydrogen-bond donors (Lipinski definition) is 2. The van der Waals surface area contributed by atoms with E-state index in [1.807, 2.05) is 38.1 Å². The molecule has 4 aromatic rings. The Balaban J connectivity index is 1.54. The third-order valence-electron chi connectivity index (χ3n) is 8.01. The van der Waals surface area contributed by atoms with Gasteiger partial charge in [0, 0.05) is 29.6 Å². The van der Waals surface area contributed by atoms with Crippen molar-refractivity contribution in [2.24, 2.45) is 0 Å². The number of methoxy groups -OCH3 is 2.